The van der Waals surface area contributed by atoms with E-state index in [4.69, 9.17) is 28.3 Å². The molecule has 18 heteroatoms. The quantitative estimate of drug-likeness (QED) is 0.0130. The maximum atomic E-state index is 12.8. The van der Waals surface area contributed by atoms with Crippen molar-refractivity contribution in [2.75, 3.05) is 26.4 Å². The van der Waals surface area contributed by atoms with E-state index in [2.05, 4.69) is 25.3 Å². The molecule has 7 N–H and O–H groups in total. The highest BCUT2D eigenvalue weighted by Crippen LogP contribution is 2.44. The molecule has 0 aromatic heterocycles. The normalized spacial score (nSPS) is 20.8. The second-order valence-electron chi connectivity index (χ2n) is 18.0. The predicted octanol–water partition coefficient (Wildman–Crippen LogP) is 9.30. The number of unbranched alkanes of at least 4 members (excludes halogenated alkanes) is 16. The minimum absolute atomic E-state index is 0.0207. The number of hydrogen-bond donors (Lipinski definition) is 7. The van der Waals surface area contributed by atoms with Gasteiger partial charge < -0.3 is 44.6 Å². The Morgan fingerprint density at radius 1 is 0.662 bits per heavy atom. The van der Waals surface area contributed by atoms with Gasteiger partial charge in [0.15, 0.2) is 6.10 Å². The van der Waals surface area contributed by atoms with E-state index in [0.717, 1.165) is 50.9 Å². The number of esters is 2. The average Bonchev–Trinajstić information content (AvgIpc) is 3.53. The SMILES string of the molecule is CCCCC[C@H](O)/C=C/[C@@H]1[C@@H](C/C=C/CCCC(=O)OC[C@H](COP(=O)(O)OC[C@@H](O)COP(=O)(O)O)OC(=O)CCCCCCCCCCCCCCCCC(C)CC)[C@@H](O)C[C@H]1O. The van der Waals surface area contributed by atoms with Crippen LogP contribution in [0.25, 0.3) is 0 Å². The van der Waals surface area contributed by atoms with E-state index in [-0.39, 0.29) is 31.1 Å². The molecule has 1 fully saturated rings. The lowest BCUT2D eigenvalue weighted by Gasteiger charge is -2.20. The number of allylic oxidation sites excluding steroid dienone is 2. The summed E-state index contributed by atoms with van der Waals surface area (Å²) in [6.45, 7) is 3.77. The lowest BCUT2D eigenvalue weighted by atomic mass is 9.89. The zero-order valence-electron chi connectivity index (χ0n) is 39.8. The van der Waals surface area contributed by atoms with Crippen LogP contribution < -0.4 is 0 Å². The van der Waals surface area contributed by atoms with Crippen molar-refractivity contribution in [1.82, 2.24) is 0 Å². The van der Waals surface area contributed by atoms with Crippen molar-refractivity contribution in [2.45, 2.75) is 218 Å². The van der Waals surface area contributed by atoms with Crippen molar-refractivity contribution in [3.8, 4) is 0 Å². The van der Waals surface area contributed by atoms with Crippen LogP contribution in [0.2, 0.25) is 0 Å². The van der Waals surface area contributed by atoms with Gasteiger partial charge in [0.05, 0.1) is 38.1 Å². The molecule has 1 aliphatic carbocycles. The Bertz CT molecular complexity index is 1380. The Labute approximate surface area is 390 Å². The second-order valence-corrected chi connectivity index (χ2v) is 20.6. The molecule has 0 aliphatic heterocycles. The molecular formula is C47H88O16P2. The summed E-state index contributed by atoms with van der Waals surface area (Å²) in [5, 5.41) is 41.1. The van der Waals surface area contributed by atoms with Gasteiger partial charge in [-0.25, -0.2) is 9.13 Å². The van der Waals surface area contributed by atoms with Gasteiger partial charge in [0, 0.05) is 25.2 Å². The van der Waals surface area contributed by atoms with Crippen LogP contribution in [0.3, 0.4) is 0 Å². The first kappa shape index (κ1) is 61.5. The molecular weight excluding hydrogens is 882 g/mol. The predicted molar refractivity (Wildman–Crippen MR) is 250 cm³/mol. The van der Waals surface area contributed by atoms with Gasteiger partial charge in [0.25, 0.3) is 0 Å². The van der Waals surface area contributed by atoms with Crippen LogP contribution in [0.15, 0.2) is 24.3 Å². The summed E-state index contributed by atoms with van der Waals surface area (Å²) < 4.78 is 47.9. The first-order chi connectivity index (χ1) is 31.0. The summed E-state index contributed by atoms with van der Waals surface area (Å²) in [5.41, 5.74) is 0. The maximum Gasteiger partial charge on any atom is 0.472 e. The number of carbonyl (C=O) groups is 2. The Morgan fingerprint density at radius 2 is 1.22 bits per heavy atom. The molecule has 0 bridgehead atoms. The van der Waals surface area contributed by atoms with Crippen molar-refractivity contribution in [2.24, 2.45) is 17.8 Å². The Balaban J connectivity index is 2.50. The summed E-state index contributed by atoms with van der Waals surface area (Å²) in [7, 11) is -9.76. The highest BCUT2D eigenvalue weighted by Gasteiger charge is 2.39. The molecule has 0 saturated heterocycles. The van der Waals surface area contributed by atoms with E-state index in [9.17, 15) is 44.0 Å². The molecule has 0 radical (unpaired) electrons. The number of carbonyl (C=O) groups excluding carboxylic acids is 2. The number of hydrogen-bond acceptors (Lipinski definition) is 13. The molecule has 9 atom stereocenters. The molecule has 0 amide bonds. The molecule has 0 aromatic rings. The largest absolute Gasteiger partial charge is 0.472 e. The molecule has 65 heavy (non-hydrogen) atoms. The van der Waals surface area contributed by atoms with Crippen molar-refractivity contribution >= 4 is 27.6 Å². The van der Waals surface area contributed by atoms with Gasteiger partial charge in [-0.15, -0.1) is 0 Å². The third-order valence-corrected chi connectivity index (χ3v) is 13.4. The lowest BCUT2D eigenvalue weighted by molar-refractivity contribution is -0.161. The first-order valence-electron chi connectivity index (χ1n) is 24.7. The molecule has 1 aliphatic rings. The molecule has 1 rings (SSSR count). The lowest BCUT2D eigenvalue weighted by Crippen LogP contribution is -2.30. The summed E-state index contributed by atoms with van der Waals surface area (Å²) in [5.74, 6) is -0.853. The molecule has 0 spiro atoms. The van der Waals surface area contributed by atoms with Crippen molar-refractivity contribution in [3.05, 3.63) is 24.3 Å². The number of aliphatic hydroxyl groups excluding tert-OH is 4. The van der Waals surface area contributed by atoms with Crippen molar-refractivity contribution < 1.29 is 76.9 Å². The van der Waals surface area contributed by atoms with E-state index in [1.807, 2.05) is 18.2 Å². The molecule has 0 heterocycles. The molecule has 16 nitrogen and oxygen atoms in total. The number of rotatable bonds is 42. The fraction of sp³-hybridized carbons (Fsp3) is 0.872. The summed E-state index contributed by atoms with van der Waals surface area (Å²) >= 11 is 0. The van der Waals surface area contributed by atoms with Crippen molar-refractivity contribution in [3.63, 3.8) is 0 Å². The highest BCUT2D eigenvalue weighted by molar-refractivity contribution is 7.47. The van der Waals surface area contributed by atoms with Gasteiger partial charge in [-0.2, -0.15) is 0 Å². The van der Waals surface area contributed by atoms with Crippen LogP contribution in [0.1, 0.15) is 188 Å². The highest BCUT2D eigenvalue weighted by atomic mass is 31.2. The third-order valence-electron chi connectivity index (χ3n) is 11.9. The summed E-state index contributed by atoms with van der Waals surface area (Å²) in [4.78, 5) is 53.1. The maximum absolute atomic E-state index is 12.8. The zero-order chi connectivity index (χ0) is 48.4. The topological polar surface area (TPSA) is 256 Å². The fourth-order valence-corrected chi connectivity index (χ4v) is 8.89. The van der Waals surface area contributed by atoms with Gasteiger partial charge in [-0.3, -0.25) is 23.2 Å². The molecule has 2 unspecified atom stereocenters. The Kier molecular flexibility index (Phi) is 35.4. The Morgan fingerprint density at radius 3 is 1.82 bits per heavy atom. The van der Waals surface area contributed by atoms with Crippen LogP contribution >= 0.6 is 15.6 Å². The molecule has 382 valence electrons. The van der Waals surface area contributed by atoms with E-state index in [0.29, 0.717) is 32.1 Å². The van der Waals surface area contributed by atoms with Crippen LogP contribution in [0, 0.1) is 17.8 Å². The number of ether oxygens (including phenoxy) is 2. The van der Waals surface area contributed by atoms with Gasteiger partial charge in [-0.05, 0) is 43.9 Å². The zero-order valence-corrected chi connectivity index (χ0v) is 41.6. The van der Waals surface area contributed by atoms with E-state index < -0.39 is 84.5 Å². The summed E-state index contributed by atoms with van der Waals surface area (Å²) in [6.07, 6.45) is 26.8. The van der Waals surface area contributed by atoms with E-state index >= 15 is 0 Å². The van der Waals surface area contributed by atoms with Gasteiger partial charge in [-0.1, -0.05) is 161 Å². The number of aliphatic hydroxyl groups is 4. The van der Waals surface area contributed by atoms with Crippen LogP contribution in [0.4, 0.5) is 0 Å². The average molecular weight is 971 g/mol. The third kappa shape index (κ3) is 34.4. The monoisotopic (exact) mass is 971 g/mol. The number of phosphoric acid groups is 2. The van der Waals surface area contributed by atoms with Gasteiger partial charge in [0.1, 0.15) is 12.7 Å². The van der Waals surface area contributed by atoms with Crippen LogP contribution in [-0.2, 0) is 41.8 Å². The molecule has 1 saturated carbocycles. The second kappa shape index (κ2) is 37.4. The minimum atomic E-state index is -4.89. The minimum Gasteiger partial charge on any atom is -0.462 e. The van der Waals surface area contributed by atoms with Crippen molar-refractivity contribution in [1.29, 1.82) is 0 Å². The first-order valence-corrected chi connectivity index (χ1v) is 27.7. The van der Waals surface area contributed by atoms with Crippen LogP contribution in [-0.4, -0.2) is 104 Å². The van der Waals surface area contributed by atoms with Crippen LogP contribution in [0.5, 0.6) is 0 Å². The van der Waals surface area contributed by atoms with E-state index in [1.165, 1.54) is 70.6 Å². The number of phosphoric ester groups is 2. The summed E-state index contributed by atoms with van der Waals surface area (Å²) in [6, 6.07) is 0. The van der Waals surface area contributed by atoms with E-state index in [1.54, 1.807) is 6.08 Å². The van der Waals surface area contributed by atoms with Gasteiger partial charge >= 0.3 is 27.6 Å². The van der Waals surface area contributed by atoms with Gasteiger partial charge in [0.2, 0.25) is 0 Å². The molecule has 0 aromatic carbocycles. The standard InChI is InChI=1S/C47H88O16P2/c1-4-6-21-27-39(48)31-32-43-42(44(50)33-45(43)51)28-23-19-20-24-29-46(52)59-36-41(37-62-65(57,58)61-35-40(49)34-60-64(54,55)56)63-47(53)30-25-18-16-14-12-10-8-7-9-11-13-15-17-22-26-38(3)5-2/h19,23,31-32,38-45,48-51H,4-18,20-22,24-30,33-37H2,1-3H3,(H,57,58)(H2,54,55,56)/b23-19+,32-31+/t38?,39-,40-,41+,42+,43+,44-,45+/m0/s1. The fourth-order valence-electron chi connectivity index (χ4n) is 7.73. The smallest absolute Gasteiger partial charge is 0.462 e. The Hall–Kier alpha value is -1.52.